The molecule has 0 aliphatic carbocycles. The van der Waals surface area contributed by atoms with E-state index in [0.717, 1.165) is 12.3 Å². The Morgan fingerprint density at radius 3 is 2.72 bits per heavy atom. The van der Waals surface area contributed by atoms with Gasteiger partial charge in [-0.2, -0.15) is 13.2 Å². The molecular formula is C17H16ClF3N6O2. The number of amides is 2. The highest BCUT2D eigenvalue weighted by Crippen LogP contribution is 2.34. The quantitative estimate of drug-likeness (QED) is 0.776. The van der Waals surface area contributed by atoms with Gasteiger partial charge in [0, 0.05) is 38.4 Å². The van der Waals surface area contributed by atoms with Crippen LogP contribution in [-0.2, 0) is 11.0 Å². The fraction of sp³-hybridized carbons (Fsp3) is 0.353. The van der Waals surface area contributed by atoms with Crippen LogP contribution in [0.2, 0.25) is 5.02 Å². The monoisotopic (exact) mass is 428 g/mol. The van der Waals surface area contributed by atoms with Crippen LogP contribution in [0.1, 0.15) is 29.4 Å². The maximum Gasteiger partial charge on any atom is 0.417 e. The lowest BCUT2D eigenvalue weighted by Crippen LogP contribution is -2.37. The summed E-state index contributed by atoms with van der Waals surface area (Å²) < 4.78 is 38.2. The summed E-state index contributed by atoms with van der Waals surface area (Å²) in [6.07, 6.45) is -1.89. The lowest BCUT2D eigenvalue weighted by Gasteiger charge is -2.20. The second kappa shape index (κ2) is 8.19. The molecule has 0 spiro atoms. The molecule has 0 aromatic carbocycles. The predicted molar refractivity (Wildman–Crippen MR) is 98.7 cm³/mol. The van der Waals surface area contributed by atoms with E-state index in [0.29, 0.717) is 19.5 Å². The van der Waals surface area contributed by atoms with Crippen LogP contribution in [0.15, 0.2) is 24.5 Å². The molecule has 2 aromatic heterocycles. The van der Waals surface area contributed by atoms with Crippen LogP contribution in [0.25, 0.3) is 0 Å². The van der Waals surface area contributed by atoms with E-state index in [1.54, 1.807) is 4.90 Å². The molecule has 2 aromatic rings. The van der Waals surface area contributed by atoms with Crippen molar-refractivity contribution in [2.45, 2.75) is 25.6 Å². The van der Waals surface area contributed by atoms with Gasteiger partial charge in [-0.1, -0.05) is 11.6 Å². The minimum atomic E-state index is -4.52. The van der Waals surface area contributed by atoms with Gasteiger partial charge in [0.25, 0.3) is 5.91 Å². The molecule has 0 unspecified atom stereocenters. The van der Waals surface area contributed by atoms with E-state index < -0.39 is 17.6 Å². The normalized spacial score (nSPS) is 16.6. The number of hydrogen-bond donors (Lipinski definition) is 2. The minimum absolute atomic E-state index is 0.0129. The van der Waals surface area contributed by atoms with Gasteiger partial charge in [0.05, 0.1) is 10.6 Å². The van der Waals surface area contributed by atoms with Crippen molar-refractivity contribution in [2.24, 2.45) is 0 Å². The number of hydrogen-bond acceptors (Lipinski definition) is 6. The number of pyridine rings is 1. The number of anilines is 2. The Kier molecular flexibility index (Phi) is 5.87. The van der Waals surface area contributed by atoms with Gasteiger partial charge in [0.2, 0.25) is 11.9 Å². The zero-order valence-electron chi connectivity index (χ0n) is 15.1. The standard InChI is InChI=1S/C17H16ClF3N6O2/c1-9(28)24-16-22-4-2-13(26-16)15(29)25-11-3-5-27(8-11)14-12(18)6-10(7-23-14)17(19,20)21/h2,4,6-7,11H,3,5,8H2,1H3,(H,25,29)(H,22,24,26,28)/t11-/m1/s1. The van der Waals surface area contributed by atoms with Gasteiger partial charge in [-0.3, -0.25) is 14.9 Å². The van der Waals surface area contributed by atoms with E-state index in [-0.39, 0.29) is 34.4 Å². The molecule has 12 heteroatoms. The van der Waals surface area contributed by atoms with Gasteiger partial charge in [-0.15, -0.1) is 0 Å². The molecular weight excluding hydrogens is 413 g/mol. The highest BCUT2D eigenvalue weighted by atomic mass is 35.5. The van der Waals surface area contributed by atoms with Gasteiger partial charge in [-0.05, 0) is 18.6 Å². The average Bonchev–Trinajstić information content (AvgIpc) is 3.08. The number of halogens is 4. The highest BCUT2D eigenvalue weighted by molar-refractivity contribution is 6.33. The first-order valence-electron chi connectivity index (χ1n) is 8.52. The van der Waals surface area contributed by atoms with Gasteiger partial charge < -0.3 is 10.2 Å². The maximum absolute atomic E-state index is 12.7. The van der Waals surface area contributed by atoms with E-state index in [1.165, 1.54) is 19.2 Å². The molecule has 154 valence electrons. The smallest absolute Gasteiger partial charge is 0.353 e. The Morgan fingerprint density at radius 2 is 2.07 bits per heavy atom. The number of nitrogens with one attached hydrogen (secondary N) is 2. The zero-order chi connectivity index (χ0) is 21.2. The molecule has 8 nitrogen and oxygen atoms in total. The van der Waals surface area contributed by atoms with Crippen LogP contribution in [0.5, 0.6) is 0 Å². The van der Waals surface area contributed by atoms with E-state index in [4.69, 9.17) is 11.6 Å². The predicted octanol–water partition coefficient (Wildman–Crippen LogP) is 2.51. The summed E-state index contributed by atoms with van der Waals surface area (Å²) in [6, 6.07) is 1.96. The van der Waals surface area contributed by atoms with Crippen molar-refractivity contribution in [3.63, 3.8) is 0 Å². The highest BCUT2D eigenvalue weighted by Gasteiger charge is 2.33. The largest absolute Gasteiger partial charge is 0.417 e. The number of rotatable bonds is 4. The number of carbonyl (C=O) groups excluding carboxylic acids is 2. The van der Waals surface area contributed by atoms with Crippen LogP contribution >= 0.6 is 11.6 Å². The van der Waals surface area contributed by atoms with Crippen molar-refractivity contribution >= 4 is 35.2 Å². The summed E-state index contributed by atoms with van der Waals surface area (Å²) in [7, 11) is 0. The molecule has 2 amide bonds. The lowest BCUT2D eigenvalue weighted by atomic mass is 10.2. The number of carbonyl (C=O) groups is 2. The topological polar surface area (TPSA) is 100 Å². The third-order valence-corrected chi connectivity index (χ3v) is 4.43. The fourth-order valence-corrected chi connectivity index (χ4v) is 3.14. The fourth-order valence-electron chi connectivity index (χ4n) is 2.85. The maximum atomic E-state index is 12.7. The number of nitrogens with zero attached hydrogens (tertiary/aromatic N) is 4. The molecule has 1 aliphatic heterocycles. The molecule has 0 bridgehead atoms. The Bertz CT molecular complexity index is 940. The Balaban J connectivity index is 1.64. The molecule has 3 rings (SSSR count). The van der Waals surface area contributed by atoms with Gasteiger partial charge in [-0.25, -0.2) is 15.0 Å². The van der Waals surface area contributed by atoms with Crippen molar-refractivity contribution in [3.8, 4) is 0 Å². The van der Waals surface area contributed by atoms with E-state index in [2.05, 4.69) is 25.6 Å². The van der Waals surface area contributed by atoms with Crippen molar-refractivity contribution in [1.29, 1.82) is 0 Å². The molecule has 0 radical (unpaired) electrons. The molecule has 29 heavy (non-hydrogen) atoms. The van der Waals surface area contributed by atoms with Crippen LogP contribution in [0.4, 0.5) is 24.9 Å². The zero-order valence-corrected chi connectivity index (χ0v) is 15.9. The summed E-state index contributed by atoms with van der Waals surface area (Å²) in [5.41, 5.74) is -0.845. The van der Waals surface area contributed by atoms with Gasteiger partial charge in [0.1, 0.15) is 11.5 Å². The number of aromatic nitrogens is 3. The SMILES string of the molecule is CC(=O)Nc1nccc(C(=O)N[C@@H]2CCN(c3ncc(C(F)(F)F)cc3Cl)C2)n1. The average molecular weight is 429 g/mol. The molecule has 1 saturated heterocycles. The summed E-state index contributed by atoms with van der Waals surface area (Å²) in [5, 5.41) is 5.08. The van der Waals surface area contributed by atoms with E-state index in [9.17, 15) is 22.8 Å². The second-order valence-electron chi connectivity index (χ2n) is 6.38. The Morgan fingerprint density at radius 1 is 1.31 bits per heavy atom. The van der Waals surface area contributed by atoms with Crippen molar-refractivity contribution in [3.05, 3.63) is 40.8 Å². The Labute approximate surface area is 168 Å². The summed E-state index contributed by atoms with van der Waals surface area (Å²) >= 11 is 5.98. The molecule has 1 aliphatic rings. The molecule has 0 saturated carbocycles. The minimum Gasteiger partial charge on any atom is -0.353 e. The third kappa shape index (κ3) is 5.11. The first kappa shape index (κ1) is 20.8. The molecule has 1 fully saturated rings. The van der Waals surface area contributed by atoms with Gasteiger partial charge >= 0.3 is 6.18 Å². The second-order valence-corrected chi connectivity index (χ2v) is 6.79. The Hall–Kier alpha value is -2.95. The van der Waals surface area contributed by atoms with E-state index in [1.807, 2.05) is 0 Å². The summed E-state index contributed by atoms with van der Waals surface area (Å²) in [6.45, 7) is 2.08. The van der Waals surface area contributed by atoms with E-state index >= 15 is 0 Å². The first-order valence-corrected chi connectivity index (χ1v) is 8.90. The van der Waals surface area contributed by atoms with Crippen molar-refractivity contribution in [2.75, 3.05) is 23.3 Å². The molecule has 3 heterocycles. The summed E-state index contributed by atoms with van der Waals surface area (Å²) in [4.78, 5) is 36.8. The lowest BCUT2D eigenvalue weighted by molar-refractivity contribution is -0.137. The van der Waals surface area contributed by atoms with Crippen LogP contribution in [-0.4, -0.2) is 45.9 Å². The first-order chi connectivity index (χ1) is 13.6. The molecule has 1 atom stereocenters. The van der Waals surface area contributed by atoms with Crippen molar-refractivity contribution in [1.82, 2.24) is 20.3 Å². The third-order valence-electron chi connectivity index (χ3n) is 4.15. The number of alkyl halides is 3. The van der Waals surface area contributed by atoms with Crippen molar-refractivity contribution < 1.29 is 22.8 Å². The van der Waals surface area contributed by atoms with Crippen LogP contribution in [0.3, 0.4) is 0 Å². The molecule has 2 N–H and O–H groups in total. The van der Waals surface area contributed by atoms with Gasteiger partial charge in [0.15, 0.2) is 0 Å². The summed E-state index contributed by atoms with van der Waals surface area (Å²) in [5.74, 6) is -0.586. The van der Waals surface area contributed by atoms with Crippen LogP contribution in [0, 0.1) is 0 Å². The van der Waals surface area contributed by atoms with Crippen LogP contribution < -0.4 is 15.5 Å².